The first kappa shape index (κ1) is 16.5. The molecular weight excluding hydrogens is 365 g/mol. The summed E-state index contributed by atoms with van der Waals surface area (Å²) in [5, 5.41) is 0.402. The van der Waals surface area contributed by atoms with Crippen LogP contribution in [0.25, 0.3) is 0 Å². The van der Waals surface area contributed by atoms with Crippen LogP contribution in [0.2, 0.25) is 10.0 Å². The number of hydrogen-bond acceptors (Lipinski definition) is 3. The van der Waals surface area contributed by atoms with Gasteiger partial charge >= 0.3 is 0 Å². The minimum Gasteiger partial charge on any atom is -0.259 e. The van der Waals surface area contributed by atoms with Crippen molar-refractivity contribution >= 4 is 55.6 Å². The van der Waals surface area contributed by atoms with Crippen LogP contribution in [-0.4, -0.2) is 41.5 Å². The summed E-state index contributed by atoms with van der Waals surface area (Å²) in [4.78, 5) is -0.00750. The van der Waals surface area contributed by atoms with E-state index in [2.05, 4.69) is 0 Å². The van der Waals surface area contributed by atoms with Crippen LogP contribution in [0.4, 0.5) is 0 Å². The molecule has 4 nitrogen and oxygen atoms in total. The molecule has 0 unspecified atom stereocenters. The number of halogens is 3. The molecule has 0 N–H and O–H groups in total. The van der Waals surface area contributed by atoms with Crippen molar-refractivity contribution in [3.63, 3.8) is 0 Å². The first-order chi connectivity index (χ1) is 9.36. The maximum atomic E-state index is 12.6. The van der Waals surface area contributed by atoms with E-state index in [1.807, 2.05) is 0 Å². The zero-order valence-corrected chi connectivity index (χ0v) is 14.2. The van der Waals surface area contributed by atoms with Gasteiger partial charge in [-0.05, 0) is 17.7 Å². The van der Waals surface area contributed by atoms with Gasteiger partial charge in [0.25, 0.3) is 0 Å². The molecule has 1 saturated heterocycles. The Morgan fingerprint density at radius 1 is 1.15 bits per heavy atom. The number of nitrogens with zero attached hydrogens (tertiary/aromatic N) is 1. The fraction of sp³-hybridized carbons (Fsp3) is 0.455. The Kier molecular flexibility index (Phi) is 5.37. The summed E-state index contributed by atoms with van der Waals surface area (Å²) in [6, 6.07) is 2.79. The van der Waals surface area contributed by atoms with E-state index in [0.29, 0.717) is 22.1 Å². The van der Waals surface area contributed by atoms with E-state index < -0.39 is 20.8 Å². The van der Waals surface area contributed by atoms with E-state index in [-0.39, 0.29) is 28.9 Å². The molecule has 0 aliphatic carbocycles. The number of rotatable bonds is 3. The predicted molar refractivity (Wildman–Crippen MR) is 82.7 cm³/mol. The molecule has 0 aromatic heterocycles. The van der Waals surface area contributed by atoms with E-state index >= 15 is 0 Å². The van der Waals surface area contributed by atoms with Gasteiger partial charge in [-0.2, -0.15) is 4.31 Å². The molecule has 2 rings (SSSR count). The van der Waals surface area contributed by atoms with Crippen molar-refractivity contribution in [3.8, 4) is 0 Å². The molecule has 0 radical (unpaired) electrons. The van der Waals surface area contributed by atoms with Gasteiger partial charge < -0.3 is 0 Å². The lowest BCUT2D eigenvalue weighted by Crippen LogP contribution is -2.41. The number of hydrogen-bond donors (Lipinski definition) is 0. The van der Waals surface area contributed by atoms with Gasteiger partial charge in [-0.25, -0.2) is 8.42 Å². The Balaban J connectivity index is 2.41. The SMILES string of the molecule is O=S1CCN(S(=O)(=O)c2cc(CCl)c(Cl)cc2Cl)CC1. The molecule has 0 bridgehead atoms. The molecular formula is C11H12Cl3NO3S2. The first-order valence-electron chi connectivity index (χ1n) is 5.75. The molecule has 20 heavy (non-hydrogen) atoms. The summed E-state index contributed by atoms with van der Waals surface area (Å²) in [5.74, 6) is 0.780. The molecule has 1 aliphatic rings. The van der Waals surface area contributed by atoms with Crippen molar-refractivity contribution < 1.29 is 12.6 Å². The maximum Gasteiger partial charge on any atom is 0.244 e. The number of sulfonamides is 1. The van der Waals surface area contributed by atoms with Gasteiger partial charge in [0, 0.05) is 46.3 Å². The molecule has 1 aliphatic heterocycles. The van der Waals surface area contributed by atoms with Crippen molar-refractivity contribution in [2.24, 2.45) is 0 Å². The van der Waals surface area contributed by atoms with Gasteiger partial charge in [-0.1, -0.05) is 23.2 Å². The lowest BCUT2D eigenvalue weighted by molar-refractivity contribution is 0.438. The predicted octanol–water partition coefficient (Wildman–Crippen LogP) is 2.49. The molecule has 0 spiro atoms. The van der Waals surface area contributed by atoms with Crippen molar-refractivity contribution in [2.75, 3.05) is 24.6 Å². The average Bonchev–Trinajstić information content (AvgIpc) is 2.39. The van der Waals surface area contributed by atoms with E-state index in [1.54, 1.807) is 0 Å². The van der Waals surface area contributed by atoms with Crippen LogP contribution in [0.3, 0.4) is 0 Å². The lowest BCUT2D eigenvalue weighted by atomic mass is 10.2. The summed E-state index contributed by atoms with van der Waals surface area (Å²) < 4.78 is 37.7. The summed E-state index contributed by atoms with van der Waals surface area (Å²) in [5.41, 5.74) is 0.511. The zero-order valence-electron chi connectivity index (χ0n) is 10.3. The Hall–Kier alpha value is 0.150. The lowest BCUT2D eigenvalue weighted by Gasteiger charge is -2.26. The van der Waals surface area contributed by atoms with Gasteiger partial charge in [0.15, 0.2) is 0 Å². The average molecular weight is 377 g/mol. The molecule has 0 amide bonds. The summed E-state index contributed by atoms with van der Waals surface area (Å²) in [7, 11) is -4.66. The molecule has 1 fully saturated rings. The minimum atomic E-state index is -3.72. The first-order valence-corrected chi connectivity index (χ1v) is 9.97. The van der Waals surface area contributed by atoms with Crippen molar-refractivity contribution in [2.45, 2.75) is 10.8 Å². The third-order valence-electron chi connectivity index (χ3n) is 3.00. The van der Waals surface area contributed by atoms with Crippen LogP contribution in [0.5, 0.6) is 0 Å². The smallest absolute Gasteiger partial charge is 0.244 e. The number of benzene rings is 1. The van der Waals surface area contributed by atoms with Crippen LogP contribution in [0.1, 0.15) is 5.56 Å². The van der Waals surface area contributed by atoms with Crippen LogP contribution < -0.4 is 0 Å². The standard InChI is InChI=1S/C11H12Cl3NO3S2/c12-7-8-5-11(10(14)6-9(8)13)20(17,18)15-1-3-19(16)4-2-15/h5-6H,1-4,7H2. The van der Waals surface area contributed by atoms with Crippen LogP contribution >= 0.6 is 34.8 Å². The minimum absolute atomic E-state index is 0.00750. The Morgan fingerprint density at radius 2 is 1.75 bits per heavy atom. The molecule has 0 atom stereocenters. The molecule has 1 aromatic carbocycles. The molecule has 1 heterocycles. The fourth-order valence-electron chi connectivity index (χ4n) is 1.87. The number of alkyl halides is 1. The molecule has 1 aromatic rings. The highest BCUT2D eigenvalue weighted by Crippen LogP contribution is 2.31. The van der Waals surface area contributed by atoms with Gasteiger partial charge in [-0.3, -0.25) is 4.21 Å². The van der Waals surface area contributed by atoms with E-state index in [9.17, 15) is 12.6 Å². The third kappa shape index (κ3) is 3.31. The fourth-order valence-corrected chi connectivity index (χ4v) is 5.73. The van der Waals surface area contributed by atoms with Crippen molar-refractivity contribution in [1.29, 1.82) is 0 Å². The summed E-state index contributed by atoms with van der Waals surface area (Å²) in [6.07, 6.45) is 0. The van der Waals surface area contributed by atoms with Gasteiger partial charge in [0.1, 0.15) is 4.90 Å². The van der Waals surface area contributed by atoms with Crippen molar-refractivity contribution in [3.05, 3.63) is 27.7 Å². The quantitative estimate of drug-likeness (QED) is 0.762. The maximum absolute atomic E-state index is 12.6. The van der Waals surface area contributed by atoms with Gasteiger partial charge in [-0.15, -0.1) is 11.6 Å². The van der Waals surface area contributed by atoms with Crippen LogP contribution in [0, 0.1) is 0 Å². The van der Waals surface area contributed by atoms with Crippen LogP contribution in [0.15, 0.2) is 17.0 Å². The molecule has 9 heteroatoms. The van der Waals surface area contributed by atoms with E-state index in [0.717, 1.165) is 0 Å². The second-order valence-electron chi connectivity index (χ2n) is 4.26. The summed E-state index contributed by atoms with van der Waals surface area (Å²) >= 11 is 17.7. The highest BCUT2D eigenvalue weighted by atomic mass is 35.5. The van der Waals surface area contributed by atoms with E-state index in [4.69, 9.17) is 34.8 Å². The topological polar surface area (TPSA) is 54.5 Å². The zero-order chi connectivity index (χ0) is 14.9. The normalized spacial score (nSPS) is 18.4. The summed E-state index contributed by atoms with van der Waals surface area (Å²) in [6.45, 7) is 0.453. The molecule has 0 saturated carbocycles. The second kappa shape index (κ2) is 6.50. The Bertz CT molecular complexity index is 639. The van der Waals surface area contributed by atoms with Gasteiger partial charge in [0.05, 0.1) is 5.02 Å². The highest BCUT2D eigenvalue weighted by Gasteiger charge is 2.30. The van der Waals surface area contributed by atoms with Crippen molar-refractivity contribution in [1.82, 2.24) is 4.31 Å². The third-order valence-corrected chi connectivity index (χ3v) is 7.28. The monoisotopic (exact) mass is 375 g/mol. The van der Waals surface area contributed by atoms with E-state index in [1.165, 1.54) is 16.4 Å². The second-order valence-corrected chi connectivity index (χ2v) is 8.94. The Labute approximate surface area is 135 Å². The molecule has 112 valence electrons. The highest BCUT2D eigenvalue weighted by molar-refractivity contribution is 7.89. The van der Waals surface area contributed by atoms with Crippen LogP contribution in [-0.2, 0) is 26.7 Å². The largest absolute Gasteiger partial charge is 0.259 e. The van der Waals surface area contributed by atoms with Gasteiger partial charge in [0.2, 0.25) is 10.0 Å². The Morgan fingerprint density at radius 3 is 2.30 bits per heavy atom.